The van der Waals surface area contributed by atoms with Crippen LogP contribution in [-0.4, -0.2) is 34.4 Å². The van der Waals surface area contributed by atoms with Gasteiger partial charge in [0.1, 0.15) is 6.54 Å². The molecule has 0 radical (unpaired) electrons. The lowest BCUT2D eigenvalue weighted by molar-refractivity contribution is -0.137. The number of likely N-dealkylation sites (tertiary alicyclic amines) is 1. The van der Waals surface area contributed by atoms with Gasteiger partial charge in [-0.1, -0.05) is 24.3 Å². The van der Waals surface area contributed by atoms with Gasteiger partial charge in [0.25, 0.3) is 11.5 Å². The van der Waals surface area contributed by atoms with Gasteiger partial charge in [0.05, 0.1) is 16.6 Å². The van der Waals surface area contributed by atoms with Crippen LogP contribution in [0.1, 0.15) is 35.2 Å². The van der Waals surface area contributed by atoms with E-state index < -0.39 is 29.8 Å². The zero-order valence-electron chi connectivity index (χ0n) is 17.7. The Labute approximate surface area is 187 Å². The molecule has 4 rings (SSSR count). The second-order valence-electron chi connectivity index (χ2n) is 7.98. The molecule has 1 N–H and O–H groups in total. The predicted molar refractivity (Wildman–Crippen MR) is 118 cm³/mol. The number of aromatic nitrogens is 1. The number of halogens is 3. The van der Waals surface area contributed by atoms with Gasteiger partial charge in [-0.25, -0.2) is 0 Å². The lowest BCUT2D eigenvalue weighted by Gasteiger charge is -2.27. The molecule has 2 amide bonds. The van der Waals surface area contributed by atoms with Gasteiger partial charge in [-0.2, -0.15) is 13.2 Å². The number of amides is 2. The molecular formula is C24H22F3N3O3. The van der Waals surface area contributed by atoms with E-state index in [4.69, 9.17) is 0 Å². The maximum absolute atomic E-state index is 13.1. The Hall–Kier alpha value is -3.62. The SMILES string of the molecule is O=C(Cn1c(=O)cc(C(=O)N2CCCCC2)c2ccccc21)Nc1cccc(C(F)(F)F)c1. The summed E-state index contributed by atoms with van der Waals surface area (Å²) in [6.07, 6.45) is -1.65. The number of nitrogens with zero attached hydrogens (tertiary/aromatic N) is 2. The lowest BCUT2D eigenvalue weighted by Crippen LogP contribution is -2.37. The first-order valence-corrected chi connectivity index (χ1v) is 10.6. The summed E-state index contributed by atoms with van der Waals surface area (Å²) in [5.41, 5.74) is -0.752. The Kier molecular flexibility index (Phi) is 6.22. The Morgan fingerprint density at radius 3 is 2.39 bits per heavy atom. The number of piperidine rings is 1. The standard InChI is InChI=1S/C24H22F3N3O3/c25-24(26,27)16-7-6-8-17(13-16)28-21(31)15-30-20-10-3-2-9-18(20)19(14-22(30)32)23(33)29-11-4-1-5-12-29/h2-3,6-10,13-14H,1,4-5,11-12,15H2,(H,28,31). The summed E-state index contributed by atoms with van der Waals surface area (Å²) < 4.78 is 40.0. The first-order valence-electron chi connectivity index (χ1n) is 10.6. The highest BCUT2D eigenvalue weighted by molar-refractivity contribution is 6.06. The number of para-hydroxylation sites is 1. The fraction of sp³-hybridized carbons (Fsp3) is 0.292. The third-order valence-corrected chi connectivity index (χ3v) is 5.67. The molecular weight excluding hydrogens is 435 g/mol. The number of benzene rings is 2. The van der Waals surface area contributed by atoms with Gasteiger partial charge in [0.2, 0.25) is 5.91 Å². The van der Waals surface area contributed by atoms with E-state index in [2.05, 4.69) is 5.32 Å². The van der Waals surface area contributed by atoms with Gasteiger partial charge in [-0.15, -0.1) is 0 Å². The highest BCUT2D eigenvalue weighted by atomic mass is 19.4. The summed E-state index contributed by atoms with van der Waals surface area (Å²) >= 11 is 0. The summed E-state index contributed by atoms with van der Waals surface area (Å²) in [6.45, 7) is 0.860. The molecule has 33 heavy (non-hydrogen) atoms. The number of alkyl halides is 3. The van der Waals surface area contributed by atoms with E-state index >= 15 is 0 Å². The van der Waals surface area contributed by atoms with Gasteiger partial charge in [0, 0.05) is 30.2 Å². The molecule has 1 aromatic heterocycles. The van der Waals surface area contributed by atoms with Crippen molar-refractivity contribution in [3.8, 4) is 0 Å². The minimum absolute atomic E-state index is 0.0240. The van der Waals surface area contributed by atoms with Crippen molar-refractivity contribution in [1.82, 2.24) is 9.47 Å². The third-order valence-electron chi connectivity index (χ3n) is 5.67. The molecule has 1 aliphatic rings. The zero-order chi connectivity index (χ0) is 23.6. The molecule has 2 heterocycles. The summed E-state index contributed by atoms with van der Waals surface area (Å²) in [7, 11) is 0. The van der Waals surface area contributed by atoms with Gasteiger partial charge in [-0.05, 0) is 43.5 Å². The summed E-state index contributed by atoms with van der Waals surface area (Å²) in [5, 5.41) is 2.95. The molecule has 3 aromatic rings. The van der Waals surface area contributed by atoms with E-state index in [-0.39, 0.29) is 17.2 Å². The molecule has 172 valence electrons. The molecule has 0 unspecified atom stereocenters. The normalized spacial score (nSPS) is 14.3. The van der Waals surface area contributed by atoms with Crippen LogP contribution in [0.3, 0.4) is 0 Å². The Balaban J connectivity index is 1.62. The van der Waals surface area contributed by atoms with E-state index in [9.17, 15) is 27.6 Å². The smallest absolute Gasteiger partial charge is 0.339 e. The number of pyridine rings is 1. The van der Waals surface area contributed by atoms with E-state index in [1.165, 1.54) is 22.8 Å². The summed E-state index contributed by atoms with van der Waals surface area (Å²) in [4.78, 5) is 40.2. The van der Waals surface area contributed by atoms with Crippen LogP contribution in [0, 0.1) is 0 Å². The van der Waals surface area contributed by atoms with Crippen LogP contribution in [-0.2, 0) is 17.5 Å². The quantitative estimate of drug-likeness (QED) is 0.636. The maximum atomic E-state index is 13.1. The highest BCUT2D eigenvalue weighted by Crippen LogP contribution is 2.30. The van der Waals surface area contributed by atoms with E-state index in [0.29, 0.717) is 24.0 Å². The number of nitrogens with one attached hydrogen (secondary N) is 1. The molecule has 9 heteroatoms. The Morgan fingerprint density at radius 1 is 0.939 bits per heavy atom. The molecule has 1 fully saturated rings. The van der Waals surface area contributed by atoms with Crippen molar-refractivity contribution in [2.75, 3.05) is 18.4 Å². The van der Waals surface area contributed by atoms with Gasteiger partial charge >= 0.3 is 6.18 Å². The number of anilines is 1. The average molecular weight is 457 g/mol. The number of fused-ring (bicyclic) bond motifs is 1. The van der Waals surface area contributed by atoms with Crippen molar-refractivity contribution in [2.45, 2.75) is 32.0 Å². The number of carbonyl (C=O) groups excluding carboxylic acids is 2. The minimum Gasteiger partial charge on any atom is -0.339 e. The second kappa shape index (κ2) is 9.09. The number of carbonyl (C=O) groups is 2. The summed E-state index contributed by atoms with van der Waals surface area (Å²) in [6, 6.07) is 12.3. The van der Waals surface area contributed by atoms with Crippen molar-refractivity contribution >= 4 is 28.4 Å². The monoisotopic (exact) mass is 457 g/mol. The first kappa shape index (κ1) is 22.6. The molecule has 0 atom stereocenters. The van der Waals surface area contributed by atoms with E-state index in [0.717, 1.165) is 31.4 Å². The molecule has 1 aliphatic heterocycles. The number of hydrogen-bond donors (Lipinski definition) is 1. The molecule has 1 saturated heterocycles. The third kappa shape index (κ3) is 4.92. The fourth-order valence-electron chi connectivity index (χ4n) is 4.06. The topological polar surface area (TPSA) is 71.4 Å². The van der Waals surface area contributed by atoms with Crippen LogP contribution in [0.2, 0.25) is 0 Å². The van der Waals surface area contributed by atoms with Crippen LogP contribution >= 0.6 is 0 Å². The van der Waals surface area contributed by atoms with Crippen molar-refractivity contribution < 1.29 is 22.8 Å². The average Bonchev–Trinajstić information content (AvgIpc) is 2.80. The van der Waals surface area contributed by atoms with Crippen LogP contribution in [0.4, 0.5) is 18.9 Å². The van der Waals surface area contributed by atoms with E-state index in [1.807, 2.05) is 0 Å². The van der Waals surface area contributed by atoms with Crippen molar-refractivity contribution in [1.29, 1.82) is 0 Å². The number of hydrogen-bond acceptors (Lipinski definition) is 3. The Bertz CT molecular complexity index is 1260. The fourth-order valence-corrected chi connectivity index (χ4v) is 4.06. The molecule has 6 nitrogen and oxygen atoms in total. The van der Waals surface area contributed by atoms with Crippen LogP contribution < -0.4 is 10.9 Å². The van der Waals surface area contributed by atoms with Crippen LogP contribution in [0.15, 0.2) is 59.4 Å². The molecule has 0 spiro atoms. The van der Waals surface area contributed by atoms with Gasteiger partial charge < -0.3 is 10.2 Å². The molecule has 0 saturated carbocycles. The molecule has 0 aliphatic carbocycles. The van der Waals surface area contributed by atoms with Crippen LogP contribution in [0.25, 0.3) is 10.9 Å². The predicted octanol–water partition coefficient (Wildman–Crippen LogP) is 4.29. The van der Waals surface area contributed by atoms with Crippen molar-refractivity contribution in [2.24, 2.45) is 0 Å². The Morgan fingerprint density at radius 2 is 1.67 bits per heavy atom. The lowest BCUT2D eigenvalue weighted by atomic mass is 10.0. The first-order chi connectivity index (χ1) is 15.7. The largest absolute Gasteiger partial charge is 0.416 e. The van der Waals surface area contributed by atoms with Gasteiger partial charge in [0.15, 0.2) is 0 Å². The van der Waals surface area contributed by atoms with Crippen LogP contribution in [0.5, 0.6) is 0 Å². The van der Waals surface area contributed by atoms with Crippen molar-refractivity contribution in [3.05, 3.63) is 76.1 Å². The van der Waals surface area contributed by atoms with E-state index in [1.54, 1.807) is 29.2 Å². The maximum Gasteiger partial charge on any atom is 0.416 e. The second-order valence-corrected chi connectivity index (χ2v) is 7.98. The minimum atomic E-state index is -4.54. The zero-order valence-corrected chi connectivity index (χ0v) is 17.7. The summed E-state index contributed by atoms with van der Waals surface area (Å²) in [5.74, 6) is -0.875. The van der Waals surface area contributed by atoms with Gasteiger partial charge in [-0.3, -0.25) is 19.0 Å². The highest BCUT2D eigenvalue weighted by Gasteiger charge is 2.30. The molecule has 0 bridgehead atoms. The number of rotatable bonds is 4. The molecule has 2 aromatic carbocycles. The van der Waals surface area contributed by atoms with Crippen molar-refractivity contribution in [3.63, 3.8) is 0 Å².